The Labute approximate surface area is 114 Å². The molecule has 1 aromatic carbocycles. The summed E-state index contributed by atoms with van der Waals surface area (Å²) in [6, 6.07) is 4.89. The molecule has 0 saturated carbocycles. The van der Waals surface area contributed by atoms with E-state index in [4.69, 9.17) is 4.74 Å². The molecular formula is C15H22FNO2. The Morgan fingerprint density at radius 3 is 2.58 bits per heavy atom. The van der Waals surface area contributed by atoms with Gasteiger partial charge < -0.3 is 10.1 Å². The molecule has 1 amide bonds. The largest absolute Gasteiger partial charge is 0.491 e. The second kappa shape index (κ2) is 6.55. The van der Waals surface area contributed by atoms with Crippen molar-refractivity contribution in [3.05, 3.63) is 29.6 Å². The van der Waals surface area contributed by atoms with E-state index in [0.717, 1.165) is 5.56 Å². The van der Waals surface area contributed by atoms with Crippen molar-refractivity contribution in [2.75, 3.05) is 13.2 Å². The third-order valence-corrected chi connectivity index (χ3v) is 2.68. The molecule has 0 aromatic heterocycles. The average molecular weight is 267 g/mol. The minimum Gasteiger partial charge on any atom is -0.491 e. The van der Waals surface area contributed by atoms with Gasteiger partial charge in [0.25, 0.3) is 0 Å². The zero-order valence-corrected chi connectivity index (χ0v) is 12.0. The smallest absolute Gasteiger partial charge is 0.225 e. The third kappa shape index (κ3) is 4.89. The van der Waals surface area contributed by atoms with Crippen LogP contribution in [0.15, 0.2) is 18.2 Å². The van der Waals surface area contributed by atoms with E-state index in [1.807, 2.05) is 33.8 Å². The van der Waals surface area contributed by atoms with E-state index >= 15 is 0 Å². The summed E-state index contributed by atoms with van der Waals surface area (Å²) in [5.41, 5.74) is 0.444. The number of rotatable bonds is 5. The van der Waals surface area contributed by atoms with Gasteiger partial charge in [-0.25, -0.2) is 4.39 Å². The maximum Gasteiger partial charge on any atom is 0.225 e. The molecule has 3 nitrogen and oxygen atoms in total. The van der Waals surface area contributed by atoms with E-state index < -0.39 is 5.41 Å². The molecule has 19 heavy (non-hydrogen) atoms. The summed E-state index contributed by atoms with van der Waals surface area (Å²) in [7, 11) is 0. The van der Waals surface area contributed by atoms with Crippen molar-refractivity contribution < 1.29 is 13.9 Å². The summed E-state index contributed by atoms with van der Waals surface area (Å²) in [6.07, 6.45) is 0.602. The fourth-order valence-electron chi connectivity index (χ4n) is 1.56. The molecule has 0 fully saturated rings. The Hall–Kier alpha value is -1.58. The van der Waals surface area contributed by atoms with Crippen LogP contribution in [-0.4, -0.2) is 19.1 Å². The number of carbonyl (C=O) groups is 1. The van der Waals surface area contributed by atoms with Crippen LogP contribution < -0.4 is 10.1 Å². The second-order valence-electron chi connectivity index (χ2n) is 5.45. The first-order chi connectivity index (χ1) is 8.84. The van der Waals surface area contributed by atoms with Gasteiger partial charge >= 0.3 is 0 Å². The summed E-state index contributed by atoms with van der Waals surface area (Å²) in [4.78, 5) is 11.7. The van der Waals surface area contributed by atoms with Crippen LogP contribution in [0, 0.1) is 11.2 Å². The maximum absolute atomic E-state index is 13.6. The van der Waals surface area contributed by atoms with E-state index in [9.17, 15) is 9.18 Å². The number of amides is 1. The lowest BCUT2D eigenvalue weighted by molar-refractivity contribution is -0.128. The van der Waals surface area contributed by atoms with Gasteiger partial charge in [0, 0.05) is 12.0 Å². The van der Waals surface area contributed by atoms with Crippen LogP contribution >= 0.6 is 0 Å². The normalized spacial score (nSPS) is 11.2. The van der Waals surface area contributed by atoms with Crippen LogP contribution in [0.3, 0.4) is 0 Å². The predicted octanol–water partition coefficient (Wildman–Crippen LogP) is 2.93. The van der Waals surface area contributed by atoms with Gasteiger partial charge in [-0.1, -0.05) is 26.8 Å². The second-order valence-corrected chi connectivity index (χ2v) is 5.45. The summed E-state index contributed by atoms with van der Waals surface area (Å²) in [5, 5.41) is 2.84. The number of hydrogen-bond donors (Lipinski definition) is 1. The van der Waals surface area contributed by atoms with Gasteiger partial charge in [0.15, 0.2) is 11.6 Å². The highest BCUT2D eigenvalue weighted by atomic mass is 19.1. The predicted molar refractivity (Wildman–Crippen MR) is 73.7 cm³/mol. The van der Waals surface area contributed by atoms with Crippen molar-refractivity contribution in [2.45, 2.75) is 34.1 Å². The molecule has 0 radical (unpaired) electrons. The summed E-state index contributed by atoms with van der Waals surface area (Å²) >= 11 is 0. The van der Waals surface area contributed by atoms with Crippen molar-refractivity contribution in [2.24, 2.45) is 5.41 Å². The third-order valence-electron chi connectivity index (χ3n) is 2.68. The van der Waals surface area contributed by atoms with Crippen molar-refractivity contribution in [1.82, 2.24) is 5.32 Å². The molecule has 0 aliphatic rings. The van der Waals surface area contributed by atoms with Crippen LogP contribution in [-0.2, 0) is 11.2 Å². The van der Waals surface area contributed by atoms with Crippen LogP contribution in [0.1, 0.15) is 33.3 Å². The Balaban J connectivity index is 2.51. The topological polar surface area (TPSA) is 38.3 Å². The molecule has 1 N–H and O–H groups in total. The van der Waals surface area contributed by atoms with Gasteiger partial charge in [0.05, 0.1) is 6.61 Å². The molecule has 0 heterocycles. The lowest BCUT2D eigenvalue weighted by Gasteiger charge is -2.17. The zero-order chi connectivity index (χ0) is 14.5. The number of ether oxygens (including phenoxy) is 1. The van der Waals surface area contributed by atoms with E-state index in [0.29, 0.717) is 19.6 Å². The monoisotopic (exact) mass is 267 g/mol. The van der Waals surface area contributed by atoms with Gasteiger partial charge in [0.1, 0.15) is 0 Å². The Morgan fingerprint density at radius 1 is 1.37 bits per heavy atom. The minimum atomic E-state index is -0.399. The number of halogens is 1. The Morgan fingerprint density at radius 2 is 2.05 bits per heavy atom. The molecule has 4 heteroatoms. The van der Waals surface area contributed by atoms with Gasteiger partial charge in [-0.3, -0.25) is 4.79 Å². The SMILES string of the molecule is CCOc1ccc(CCNC(=O)C(C)(C)C)cc1F. The van der Waals surface area contributed by atoms with E-state index in [1.165, 1.54) is 6.07 Å². The first kappa shape index (κ1) is 15.5. The number of benzene rings is 1. The van der Waals surface area contributed by atoms with Crippen LogP contribution in [0.25, 0.3) is 0 Å². The quantitative estimate of drug-likeness (QED) is 0.890. The minimum absolute atomic E-state index is 0.00101. The Bertz CT molecular complexity index is 438. The molecule has 0 atom stereocenters. The molecule has 0 spiro atoms. The lowest BCUT2D eigenvalue weighted by Crippen LogP contribution is -2.35. The molecule has 0 aliphatic heterocycles. The fraction of sp³-hybridized carbons (Fsp3) is 0.533. The molecule has 0 aliphatic carbocycles. The number of hydrogen-bond acceptors (Lipinski definition) is 2. The molecule has 106 valence electrons. The number of nitrogens with one attached hydrogen (secondary N) is 1. The van der Waals surface area contributed by atoms with Crippen LogP contribution in [0.5, 0.6) is 5.75 Å². The van der Waals surface area contributed by atoms with Gasteiger partial charge in [-0.05, 0) is 31.0 Å². The van der Waals surface area contributed by atoms with E-state index in [-0.39, 0.29) is 17.5 Å². The van der Waals surface area contributed by atoms with E-state index in [1.54, 1.807) is 6.07 Å². The molecule has 1 aromatic rings. The van der Waals surface area contributed by atoms with Gasteiger partial charge in [-0.2, -0.15) is 0 Å². The first-order valence-electron chi connectivity index (χ1n) is 6.54. The van der Waals surface area contributed by atoms with Crippen molar-refractivity contribution >= 4 is 5.91 Å². The van der Waals surface area contributed by atoms with Gasteiger partial charge in [-0.15, -0.1) is 0 Å². The number of carbonyl (C=O) groups excluding carboxylic acids is 1. The standard InChI is InChI=1S/C15H22FNO2/c1-5-19-13-7-6-11(10-12(13)16)8-9-17-14(18)15(2,3)4/h6-7,10H,5,8-9H2,1-4H3,(H,17,18). The Kier molecular flexibility index (Phi) is 5.33. The zero-order valence-electron chi connectivity index (χ0n) is 12.0. The average Bonchev–Trinajstić information content (AvgIpc) is 2.31. The van der Waals surface area contributed by atoms with Crippen molar-refractivity contribution in [1.29, 1.82) is 0 Å². The highest BCUT2D eigenvalue weighted by Crippen LogP contribution is 2.18. The first-order valence-corrected chi connectivity index (χ1v) is 6.54. The van der Waals surface area contributed by atoms with E-state index in [2.05, 4.69) is 5.32 Å². The highest BCUT2D eigenvalue weighted by molar-refractivity contribution is 5.81. The molecular weight excluding hydrogens is 245 g/mol. The summed E-state index contributed by atoms with van der Waals surface area (Å²) in [5.74, 6) is -0.0922. The van der Waals surface area contributed by atoms with Crippen molar-refractivity contribution in [3.8, 4) is 5.75 Å². The lowest BCUT2D eigenvalue weighted by atomic mass is 9.95. The summed E-state index contributed by atoms with van der Waals surface area (Å²) < 4.78 is 18.7. The fourth-order valence-corrected chi connectivity index (χ4v) is 1.56. The van der Waals surface area contributed by atoms with Crippen molar-refractivity contribution in [3.63, 3.8) is 0 Å². The maximum atomic E-state index is 13.6. The van der Waals surface area contributed by atoms with Crippen LogP contribution in [0.4, 0.5) is 4.39 Å². The van der Waals surface area contributed by atoms with Crippen LogP contribution in [0.2, 0.25) is 0 Å². The molecule has 0 unspecified atom stereocenters. The highest BCUT2D eigenvalue weighted by Gasteiger charge is 2.20. The molecule has 1 rings (SSSR count). The van der Waals surface area contributed by atoms with Gasteiger partial charge in [0.2, 0.25) is 5.91 Å². The molecule has 0 saturated heterocycles. The summed E-state index contributed by atoms with van der Waals surface area (Å²) in [6.45, 7) is 8.34. The molecule has 0 bridgehead atoms.